The minimum atomic E-state index is 0.492. The molecule has 0 amide bonds. The number of benzene rings is 1. The first-order chi connectivity index (χ1) is 16.7. The van der Waals surface area contributed by atoms with Crippen LogP contribution >= 0.6 is 0 Å². The van der Waals surface area contributed by atoms with Gasteiger partial charge in [0.1, 0.15) is 6.07 Å². The normalized spacial score (nSPS) is 15.1. The Kier molecular flexibility index (Phi) is 6.34. The van der Waals surface area contributed by atoms with Crippen molar-refractivity contribution in [3.63, 3.8) is 0 Å². The average molecular weight is 450 g/mol. The standard InChI is InChI=1S/C27H27N7/c1-33-10-12-34(13-11-33)19-20-2-4-24(31-16-20)5-3-22-17-29-18-23(15-28)27(22)32-25-6-7-26-21(14-25)8-9-30-26/h2-9,14,16-18,30H,10-13,19H2,1H3,(H,29,32). The van der Waals surface area contributed by atoms with E-state index in [1.54, 1.807) is 12.4 Å². The van der Waals surface area contributed by atoms with E-state index in [4.69, 9.17) is 0 Å². The number of aromatic nitrogens is 3. The van der Waals surface area contributed by atoms with Gasteiger partial charge in [-0.15, -0.1) is 0 Å². The van der Waals surface area contributed by atoms with Crippen molar-refractivity contribution in [2.24, 2.45) is 0 Å². The predicted molar refractivity (Wildman–Crippen MR) is 136 cm³/mol. The summed E-state index contributed by atoms with van der Waals surface area (Å²) >= 11 is 0. The van der Waals surface area contributed by atoms with E-state index in [9.17, 15) is 5.26 Å². The van der Waals surface area contributed by atoms with E-state index in [-0.39, 0.29) is 0 Å². The van der Waals surface area contributed by atoms with Crippen molar-refractivity contribution < 1.29 is 0 Å². The summed E-state index contributed by atoms with van der Waals surface area (Å²) < 4.78 is 0. The van der Waals surface area contributed by atoms with Gasteiger partial charge in [0.15, 0.2) is 0 Å². The SMILES string of the molecule is CN1CCN(Cc2ccc(C=Cc3cncc(C#N)c3Nc3ccc4[nH]ccc4c3)nc2)CC1. The van der Waals surface area contributed by atoms with Crippen molar-refractivity contribution in [2.45, 2.75) is 6.54 Å². The Morgan fingerprint density at radius 3 is 2.74 bits per heavy atom. The fourth-order valence-electron chi connectivity index (χ4n) is 4.17. The van der Waals surface area contributed by atoms with Crippen molar-refractivity contribution in [1.82, 2.24) is 24.8 Å². The Bertz CT molecular complexity index is 1340. The number of hydrogen-bond acceptors (Lipinski definition) is 6. The molecule has 4 heterocycles. The van der Waals surface area contributed by atoms with E-state index in [0.717, 1.165) is 66.3 Å². The molecular formula is C27H27N7. The molecule has 7 nitrogen and oxygen atoms in total. The van der Waals surface area contributed by atoms with Gasteiger partial charge in [-0.05, 0) is 55.1 Å². The van der Waals surface area contributed by atoms with E-state index in [1.807, 2.05) is 48.8 Å². The minimum Gasteiger partial charge on any atom is -0.361 e. The highest BCUT2D eigenvalue weighted by atomic mass is 15.2. The zero-order chi connectivity index (χ0) is 23.3. The number of aromatic amines is 1. The van der Waals surface area contributed by atoms with Crippen LogP contribution in [0, 0.1) is 11.3 Å². The Balaban J connectivity index is 1.32. The highest BCUT2D eigenvalue weighted by Gasteiger charge is 2.14. The number of nitrogens with one attached hydrogen (secondary N) is 2. The highest BCUT2D eigenvalue weighted by molar-refractivity contribution is 5.86. The number of H-pyrrole nitrogens is 1. The molecule has 0 unspecified atom stereocenters. The van der Waals surface area contributed by atoms with E-state index >= 15 is 0 Å². The van der Waals surface area contributed by atoms with E-state index < -0.39 is 0 Å². The lowest BCUT2D eigenvalue weighted by atomic mass is 10.1. The van der Waals surface area contributed by atoms with E-state index in [2.05, 4.69) is 55.3 Å². The third kappa shape index (κ3) is 4.99. The summed E-state index contributed by atoms with van der Waals surface area (Å²) in [5.41, 5.74) is 6.12. The summed E-state index contributed by atoms with van der Waals surface area (Å²) in [6.07, 6.45) is 11.1. The molecule has 0 aliphatic carbocycles. The molecule has 34 heavy (non-hydrogen) atoms. The summed E-state index contributed by atoms with van der Waals surface area (Å²) in [6.45, 7) is 5.33. The minimum absolute atomic E-state index is 0.492. The van der Waals surface area contributed by atoms with Gasteiger partial charge in [-0.3, -0.25) is 14.9 Å². The predicted octanol–water partition coefficient (Wildman–Crippen LogP) is 4.49. The van der Waals surface area contributed by atoms with Crippen LogP contribution in [0.2, 0.25) is 0 Å². The molecule has 3 aromatic heterocycles. The quantitative estimate of drug-likeness (QED) is 0.451. The molecule has 170 valence electrons. The van der Waals surface area contributed by atoms with Crippen LogP contribution in [-0.4, -0.2) is 58.0 Å². The van der Waals surface area contributed by atoms with Crippen LogP contribution < -0.4 is 5.32 Å². The van der Waals surface area contributed by atoms with Gasteiger partial charge in [-0.25, -0.2) is 0 Å². The van der Waals surface area contributed by atoms with E-state index in [0.29, 0.717) is 5.56 Å². The number of nitriles is 1. The van der Waals surface area contributed by atoms with Crippen LogP contribution in [0.25, 0.3) is 23.1 Å². The monoisotopic (exact) mass is 449 g/mol. The molecule has 5 rings (SSSR count). The molecule has 2 N–H and O–H groups in total. The summed E-state index contributed by atoms with van der Waals surface area (Å²) in [5.74, 6) is 0. The topological polar surface area (TPSA) is 83.9 Å². The summed E-state index contributed by atoms with van der Waals surface area (Å²) in [6, 6.07) is 14.5. The first-order valence-electron chi connectivity index (χ1n) is 11.4. The first kappa shape index (κ1) is 21.8. The molecule has 1 saturated heterocycles. The molecule has 1 aliphatic rings. The first-order valence-corrected chi connectivity index (χ1v) is 11.4. The number of hydrogen-bond donors (Lipinski definition) is 2. The third-order valence-electron chi connectivity index (χ3n) is 6.20. The summed E-state index contributed by atoms with van der Waals surface area (Å²) in [5, 5.41) is 14.2. The van der Waals surface area contributed by atoms with Crippen molar-refractivity contribution in [3.8, 4) is 6.07 Å². The average Bonchev–Trinajstić information content (AvgIpc) is 3.33. The number of rotatable bonds is 6. The van der Waals surface area contributed by atoms with Gasteiger partial charge in [0.25, 0.3) is 0 Å². The van der Waals surface area contributed by atoms with Gasteiger partial charge in [-0.2, -0.15) is 5.26 Å². The largest absolute Gasteiger partial charge is 0.361 e. The second-order valence-electron chi connectivity index (χ2n) is 8.67. The van der Waals surface area contributed by atoms with Crippen molar-refractivity contribution >= 4 is 34.4 Å². The van der Waals surface area contributed by atoms with Gasteiger partial charge < -0.3 is 15.2 Å². The highest BCUT2D eigenvalue weighted by Crippen LogP contribution is 2.27. The van der Waals surface area contributed by atoms with Crippen molar-refractivity contribution in [3.05, 3.63) is 83.6 Å². The number of anilines is 2. The molecule has 0 atom stereocenters. The van der Waals surface area contributed by atoms with Gasteiger partial charge >= 0.3 is 0 Å². The lowest BCUT2D eigenvalue weighted by Crippen LogP contribution is -2.43. The van der Waals surface area contributed by atoms with Gasteiger partial charge in [-0.1, -0.05) is 6.07 Å². The van der Waals surface area contributed by atoms with Gasteiger partial charge in [0, 0.05) is 79.7 Å². The number of fused-ring (bicyclic) bond motifs is 1. The zero-order valence-corrected chi connectivity index (χ0v) is 19.2. The van der Waals surface area contributed by atoms with Crippen LogP contribution in [-0.2, 0) is 6.54 Å². The van der Waals surface area contributed by atoms with Crippen molar-refractivity contribution in [1.29, 1.82) is 5.26 Å². The van der Waals surface area contributed by atoms with Gasteiger partial charge in [0.2, 0.25) is 0 Å². The Labute approximate surface area is 199 Å². The molecule has 4 aromatic rings. The maximum absolute atomic E-state index is 9.65. The summed E-state index contributed by atoms with van der Waals surface area (Å²) in [7, 11) is 2.17. The maximum atomic E-state index is 9.65. The molecule has 1 fully saturated rings. The molecule has 0 spiro atoms. The Hall–Kier alpha value is -3.99. The second kappa shape index (κ2) is 9.87. The Morgan fingerprint density at radius 2 is 1.94 bits per heavy atom. The van der Waals surface area contributed by atoms with Crippen LogP contribution in [0.5, 0.6) is 0 Å². The fraction of sp³-hybridized carbons (Fsp3) is 0.222. The molecule has 0 bridgehead atoms. The molecule has 1 aromatic carbocycles. The lowest BCUT2D eigenvalue weighted by Gasteiger charge is -2.32. The maximum Gasteiger partial charge on any atom is 0.103 e. The number of nitrogens with zero attached hydrogens (tertiary/aromatic N) is 5. The smallest absolute Gasteiger partial charge is 0.103 e. The molecule has 0 radical (unpaired) electrons. The second-order valence-corrected chi connectivity index (χ2v) is 8.67. The number of likely N-dealkylation sites (N-methyl/N-ethyl adjacent to an activating group) is 1. The van der Waals surface area contributed by atoms with Crippen molar-refractivity contribution in [2.75, 3.05) is 38.5 Å². The lowest BCUT2D eigenvalue weighted by molar-refractivity contribution is 0.148. The van der Waals surface area contributed by atoms with Crippen LogP contribution in [0.1, 0.15) is 22.4 Å². The van der Waals surface area contributed by atoms with E-state index in [1.165, 1.54) is 5.56 Å². The molecule has 1 aliphatic heterocycles. The van der Waals surface area contributed by atoms with Crippen LogP contribution in [0.3, 0.4) is 0 Å². The number of piperazine rings is 1. The third-order valence-corrected chi connectivity index (χ3v) is 6.20. The Morgan fingerprint density at radius 1 is 1.06 bits per heavy atom. The molecular weight excluding hydrogens is 422 g/mol. The van der Waals surface area contributed by atoms with Crippen LogP contribution in [0.15, 0.2) is 61.2 Å². The van der Waals surface area contributed by atoms with Gasteiger partial charge in [0.05, 0.1) is 16.9 Å². The van der Waals surface area contributed by atoms with Crippen LogP contribution in [0.4, 0.5) is 11.4 Å². The number of pyridine rings is 2. The molecule has 0 saturated carbocycles. The zero-order valence-electron chi connectivity index (χ0n) is 19.2. The molecule has 7 heteroatoms. The summed E-state index contributed by atoms with van der Waals surface area (Å²) in [4.78, 5) is 16.9. The fourth-order valence-corrected chi connectivity index (χ4v) is 4.17.